The average molecular weight is 222 g/mol. The molecule has 92 valence electrons. The topological polar surface area (TPSA) is 20.2 Å². The van der Waals surface area contributed by atoms with Crippen molar-refractivity contribution in [2.75, 3.05) is 6.61 Å². The molecule has 0 heterocycles. The number of aliphatic hydroxyl groups excluding tert-OH is 1. The fourth-order valence-electron chi connectivity index (χ4n) is 1.39. The number of allylic oxidation sites excluding steroid dienone is 3. The predicted octanol–water partition coefficient (Wildman–Crippen LogP) is 4.39. The Kier molecular flexibility index (Phi) is 13.5. The van der Waals surface area contributed by atoms with Gasteiger partial charge in [0, 0.05) is 6.61 Å². The molecule has 0 aliphatic rings. The van der Waals surface area contributed by atoms with Gasteiger partial charge in [0.15, 0.2) is 0 Å². The molecule has 0 atom stereocenters. The first kappa shape index (κ1) is 15.2. The lowest BCUT2D eigenvalue weighted by Crippen LogP contribution is -1.79. The molecule has 1 heteroatoms. The highest BCUT2D eigenvalue weighted by atomic mass is 16.2. The molecule has 0 amide bonds. The van der Waals surface area contributed by atoms with Gasteiger partial charge in [-0.1, -0.05) is 31.9 Å². The molecule has 0 saturated carbocycles. The highest BCUT2D eigenvalue weighted by Gasteiger charge is 1.81. The molecule has 1 nitrogen and oxygen atoms in total. The van der Waals surface area contributed by atoms with Crippen LogP contribution in [0.4, 0.5) is 0 Å². The lowest BCUT2D eigenvalue weighted by atomic mass is 10.2. The third kappa shape index (κ3) is 13.2. The van der Waals surface area contributed by atoms with Crippen molar-refractivity contribution in [1.29, 1.82) is 0 Å². The van der Waals surface area contributed by atoms with E-state index >= 15 is 0 Å². The molecule has 0 bridgehead atoms. The maximum Gasteiger partial charge on any atom is 0.0431 e. The van der Waals surface area contributed by atoms with Gasteiger partial charge in [0.1, 0.15) is 0 Å². The van der Waals surface area contributed by atoms with Crippen LogP contribution in [0.15, 0.2) is 30.0 Å². The second kappa shape index (κ2) is 14.2. The normalized spacial score (nSPS) is 10.4. The second-order valence-electron chi connectivity index (χ2n) is 4.00. The highest BCUT2D eigenvalue weighted by molar-refractivity contribution is 4.93. The molecule has 0 aliphatic heterocycles. The Morgan fingerprint density at radius 1 is 0.938 bits per heavy atom. The van der Waals surface area contributed by atoms with E-state index in [0.717, 1.165) is 25.7 Å². The molecule has 0 unspecified atom stereocenters. The Bertz CT molecular complexity index is 209. The van der Waals surface area contributed by atoms with Gasteiger partial charge in [-0.2, -0.15) is 0 Å². The van der Waals surface area contributed by atoms with E-state index < -0.39 is 0 Å². The van der Waals surface area contributed by atoms with Gasteiger partial charge in [-0.25, -0.2) is 0 Å². The Morgan fingerprint density at radius 2 is 1.75 bits per heavy atom. The Morgan fingerprint density at radius 3 is 2.50 bits per heavy atom. The first-order chi connectivity index (χ1) is 7.91. The van der Waals surface area contributed by atoms with Gasteiger partial charge in [-0.3, -0.25) is 0 Å². The fourth-order valence-corrected chi connectivity index (χ4v) is 1.39. The largest absolute Gasteiger partial charge is 0.396 e. The quantitative estimate of drug-likeness (QED) is 0.330. The van der Waals surface area contributed by atoms with Crippen LogP contribution in [-0.2, 0) is 0 Å². The summed E-state index contributed by atoms with van der Waals surface area (Å²) >= 11 is 0. The van der Waals surface area contributed by atoms with Crippen LogP contribution < -0.4 is 0 Å². The summed E-state index contributed by atoms with van der Waals surface area (Å²) in [6, 6.07) is 0. The standard InChI is InChI=1S/C15H26O/c1-2-3-4-5-6-7-8-9-10-11-12-13-14-15-16/h6-7,9,11,16H,2-5,8,12-15H2,1H3/b7-6+. The van der Waals surface area contributed by atoms with E-state index in [9.17, 15) is 0 Å². The first-order valence-electron chi connectivity index (χ1n) is 6.57. The molecule has 0 spiro atoms. The van der Waals surface area contributed by atoms with Crippen molar-refractivity contribution < 1.29 is 5.11 Å². The lowest BCUT2D eigenvalue weighted by molar-refractivity contribution is 0.285. The minimum absolute atomic E-state index is 0.304. The van der Waals surface area contributed by atoms with Crippen LogP contribution in [0, 0.1) is 0 Å². The monoisotopic (exact) mass is 222 g/mol. The van der Waals surface area contributed by atoms with Gasteiger partial charge in [0.05, 0.1) is 0 Å². The van der Waals surface area contributed by atoms with Gasteiger partial charge in [-0.15, -0.1) is 5.73 Å². The molecule has 16 heavy (non-hydrogen) atoms. The maximum atomic E-state index is 8.58. The molecular formula is C15H26O. The molecule has 0 rings (SSSR count). The summed E-state index contributed by atoms with van der Waals surface area (Å²) in [6.45, 7) is 2.53. The zero-order valence-electron chi connectivity index (χ0n) is 10.6. The summed E-state index contributed by atoms with van der Waals surface area (Å²) in [6.07, 6.45) is 17.7. The third-order valence-electron chi connectivity index (χ3n) is 2.39. The molecule has 0 aromatic carbocycles. The average Bonchev–Trinajstić information content (AvgIpc) is 2.31. The number of aliphatic hydroxyl groups is 1. The van der Waals surface area contributed by atoms with Gasteiger partial charge in [0.2, 0.25) is 0 Å². The van der Waals surface area contributed by atoms with E-state index in [1.165, 1.54) is 25.7 Å². The summed E-state index contributed by atoms with van der Waals surface area (Å²) in [4.78, 5) is 0. The number of rotatable bonds is 10. The molecule has 0 saturated heterocycles. The molecule has 0 radical (unpaired) electrons. The van der Waals surface area contributed by atoms with Crippen molar-refractivity contribution in [2.45, 2.75) is 58.3 Å². The van der Waals surface area contributed by atoms with Crippen molar-refractivity contribution in [1.82, 2.24) is 0 Å². The molecular weight excluding hydrogens is 196 g/mol. The van der Waals surface area contributed by atoms with Crippen LogP contribution in [0.5, 0.6) is 0 Å². The van der Waals surface area contributed by atoms with E-state index in [4.69, 9.17) is 5.11 Å². The third-order valence-corrected chi connectivity index (χ3v) is 2.39. The second-order valence-corrected chi connectivity index (χ2v) is 4.00. The van der Waals surface area contributed by atoms with Crippen molar-refractivity contribution in [2.24, 2.45) is 0 Å². The minimum Gasteiger partial charge on any atom is -0.396 e. The molecule has 0 fully saturated rings. The summed E-state index contributed by atoms with van der Waals surface area (Å²) < 4.78 is 0. The van der Waals surface area contributed by atoms with E-state index in [1.54, 1.807) is 0 Å². The minimum atomic E-state index is 0.304. The predicted molar refractivity (Wildman–Crippen MR) is 71.5 cm³/mol. The van der Waals surface area contributed by atoms with Crippen molar-refractivity contribution in [3.63, 3.8) is 0 Å². The Labute approximate surface area is 101 Å². The van der Waals surface area contributed by atoms with Crippen LogP contribution in [0.2, 0.25) is 0 Å². The van der Waals surface area contributed by atoms with Crippen molar-refractivity contribution >= 4 is 0 Å². The molecule has 0 aliphatic carbocycles. The lowest BCUT2D eigenvalue weighted by Gasteiger charge is -1.90. The number of unbranched alkanes of at least 4 members (excludes halogenated alkanes) is 5. The van der Waals surface area contributed by atoms with Crippen molar-refractivity contribution in [3.8, 4) is 0 Å². The van der Waals surface area contributed by atoms with Crippen LogP contribution in [0.1, 0.15) is 58.3 Å². The van der Waals surface area contributed by atoms with Crippen LogP contribution >= 0.6 is 0 Å². The van der Waals surface area contributed by atoms with Gasteiger partial charge >= 0.3 is 0 Å². The van der Waals surface area contributed by atoms with E-state index in [0.29, 0.717) is 6.61 Å². The van der Waals surface area contributed by atoms with Crippen LogP contribution in [0.25, 0.3) is 0 Å². The van der Waals surface area contributed by atoms with E-state index in [2.05, 4.69) is 37.0 Å². The number of hydrogen-bond donors (Lipinski definition) is 1. The maximum absolute atomic E-state index is 8.58. The van der Waals surface area contributed by atoms with Gasteiger partial charge in [0.25, 0.3) is 0 Å². The van der Waals surface area contributed by atoms with Crippen molar-refractivity contribution in [3.05, 3.63) is 30.0 Å². The number of hydrogen-bond acceptors (Lipinski definition) is 1. The summed E-state index contributed by atoms with van der Waals surface area (Å²) in [7, 11) is 0. The molecule has 0 aromatic heterocycles. The summed E-state index contributed by atoms with van der Waals surface area (Å²) in [5.74, 6) is 0. The Balaban J connectivity index is 3.31. The van der Waals surface area contributed by atoms with Crippen LogP contribution in [0.3, 0.4) is 0 Å². The summed E-state index contributed by atoms with van der Waals surface area (Å²) in [5.41, 5.74) is 3.16. The zero-order chi connectivity index (χ0) is 11.9. The molecule has 1 N–H and O–H groups in total. The van der Waals surface area contributed by atoms with E-state index in [-0.39, 0.29) is 0 Å². The highest BCUT2D eigenvalue weighted by Crippen LogP contribution is 2.00. The first-order valence-corrected chi connectivity index (χ1v) is 6.57. The van der Waals surface area contributed by atoms with E-state index in [1.807, 2.05) is 0 Å². The van der Waals surface area contributed by atoms with Crippen LogP contribution in [-0.4, -0.2) is 11.7 Å². The van der Waals surface area contributed by atoms with Gasteiger partial charge in [-0.05, 0) is 50.7 Å². The van der Waals surface area contributed by atoms with Gasteiger partial charge < -0.3 is 5.11 Å². The smallest absolute Gasteiger partial charge is 0.0431 e. The zero-order valence-corrected chi connectivity index (χ0v) is 10.6. The summed E-state index contributed by atoms with van der Waals surface area (Å²) in [5, 5.41) is 8.58. The fraction of sp³-hybridized carbons (Fsp3) is 0.667. The SMILES string of the molecule is CCCCC/C=C/CC=C=CCCCCO. The molecule has 0 aromatic rings. The Hall–Kier alpha value is -0.780.